The summed E-state index contributed by atoms with van der Waals surface area (Å²) in [5.41, 5.74) is 3.21. The highest BCUT2D eigenvalue weighted by Crippen LogP contribution is 2.31. The first kappa shape index (κ1) is 19.7. The Kier molecular flexibility index (Phi) is 6.90. The summed E-state index contributed by atoms with van der Waals surface area (Å²) in [5.74, 6) is 0.919. The molecule has 0 aliphatic carbocycles. The van der Waals surface area contributed by atoms with Gasteiger partial charge in [-0.05, 0) is 30.2 Å². The molecule has 2 aromatic rings. The van der Waals surface area contributed by atoms with Crippen molar-refractivity contribution in [1.29, 1.82) is 0 Å². The molecule has 10 heteroatoms. The number of ether oxygens (including phenoxy) is 2. The molecule has 0 fully saturated rings. The van der Waals surface area contributed by atoms with E-state index in [0.717, 1.165) is 24.8 Å². The Morgan fingerprint density at radius 1 is 1.21 bits per heavy atom. The highest BCUT2D eigenvalue weighted by Gasteiger charge is 2.13. The smallest absolute Gasteiger partial charge is 0.247 e. The number of rotatable bonds is 9. The van der Waals surface area contributed by atoms with Gasteiger partial charge < -0.3 is 14.8 Å². The van der Waals surface area contributed by atoms with Crippen LogP contribution in [0.1, 0.15) is 43.2 Å². The van der Waals surface area contributed by atoms with Crippen molar-refractivity contribution in [2.75, 3.05) is 12.1 Å². The summed E-state index contributed by atoms with van der Waals surface area (Å²) in [6.07, 6.45) is 4.92. The fraction of sp³-hybridized carbons (Fsp3) is 0.389. The second-order valence-corrected chi connectivity index (χ2v) is 7.15. The van der Waals surface area contributed by atoms with Gasteiger partial charge in [-0.15, -0.1) is 10.2 Å². The topological polar surface area (TPSA) is 115 Å². The third kappa shape index (κ3) is 5.74. The van der Waals surface area contributed by atoms with E-state index in [-0.39, 0.29) is 25.0 Å². The zero-order chi connectivity index (χ0) is 19.8. The number of hydrogen-bond acceptors (Lipinski definition) is 8. The van der Waals surface area contributed by atoms with Crippen molar-refractivity contribution in [2.24, 2.45) is 5.10 Å². The summed E-state index contributed by atoms with van der Waals surface area (Å²) in [6.45, 7) is 2.29. The van der Waals surface area contributed by atoms with Gasteiger partial charge in [-0.25, -0.2) is 5.43 Å². The molecule has 0 bridgehead atoms. The van der Waals surface area contributed by atoms with Crippen molar-refractivity contribution in [1.82, 2.24) is 15.6 Å². The zero-order valence-electron chi connectivity index (χ0n) is 15.4. The third-order valence-electron chi connectivity index (χ3n) is 3.83. The van der Waals surface area contributed by atoms with Gasteiger partial charge >= 0.3 is 0 Å². The Morgan fingerprint density at radius 2 is 2.07 bits per heavy atom. The Bertz CT molecular complexity index is 867. The molecular weight excluding hydrogens is 382 g/mol. The van der Waals surface area contributed by atoms with Gasteiger partial charge in [0.25, 0.3) is 0 Å². The van der Waals surface area contributed by atoms with Crippen molar-refractivity contribution in [2.45, 2.75) is 39.0 Å². The first-order chi connectivity index (χ1) is 13.6. The molecule has 0 spiro atoms. The summed E-state index contributed by atoms with van der Waals surface area (Å²) in [5, 5.41) is 15.3. The Balaban J connectivity index is 1.43. The van der Waals surface area contributed by atoms with E-state index in [1.54, 1.807) is 12.1 Å². The molecule has 2 heterocycles. The second-order valence-electron chi connectivity index (χ2n) is 6.09. The predicted molar refractivity (Wildman–Crippen MR) is 105 cm³/mol. The minimum Gasteiger partial charge on any atom is -0.454 e. The summed E-state index contributed by atoms with van der Waals surface area (Å²) < 4.78 is 10.5. The van der Waals surface area contributed by atoms with E-state index >= 15 is 0 Å². The largest absolute Gasteiger partial charge is 0.454 e. The maximum Gasteiger partial charge on any atom is 0.247 e. The highest BCUT2D eigenvalue weighted by molar-refractivity contribution is 7.15. The number of fused-ring (bicyclic) bond motifs is 1. The van der Waals surface area contributed by atoms with E-state index in [1.165, 1.54) is 17.6 Å². The summed E-state index contributed by atoms with van der Waals surface area (Å²) >= 11 is 1.17. The molecule has 1 aliphatic rings. The minimum absolute atomic E-state index is 0.0296. The van der Waals surface area contributed by atoms with Crippen LogP contribution >= 0.6 is 11.3 Å². The number of nitrogens with zero attached hydrogens (tertiary/aromatic N) is 3. The van der Waals surface area contributed by atoms with Crippen LogP contribution in [0.15, 0.2) is 23.3 Å². The minimum atomic E-state index is -0.325. The fourth-order valence-corrected chi connectivity index (χ4v) is 3.20. The molecule has 9 nitrogen and oxygen atoms in total. The van der Waals surface area contributed by atoms with E-state index in [0.29, 0.717) is 28.1 Å². The van der Waals surface area contributed by atoms with Crippen LogP contribution < -0.4 is 20.2 Å². The Labute approximate surface area is 166 Å². The van der Waals surface area contributed by atoms with Crippen LogP contribution in [0.5, 0.6) is 11.5 Å². The zero-order valence-corrected chi connectivity index (χ0v) is 16.3. The lowest BCUT2D eigenvalue weighted by Crippen LogP contribution is -2.19. The molecule has 0 atom stereocenters. The fourth-order valence-electron chi connectivity index (χ4n) is 2.44. The first-order valence-corrected chi connectivity index (χ1v) is 9.79. The van der Waals surface area contributed by atoms with E-state index in [9.17, 15) is 9.59 Å². The van der Waals surface area contributed by atoms with Crippen LogP contribution in [0.4, 0.5) is 5.13 Å². The van der Waals surface area contributed by atoms with Crippen molar-refractivity contribution in [3.8, 4) is 11.5 Å². The molecule has 3 rings (SSSR count). The van der Waals surface area contributed by atoms with Gasteiger partial charge in [-0.1, -0.05) is 31.1 Å². The number of nitrogens with one attached hydrogen (secondary N) is 2. The van der Waals surface area contributed by atoms with Crippen molar-refractivity contribution >= 4 is 34.5 Å². The van der Waals surface area contributed by atoms with E-state index in [4.69, 9.17) is 9.47 Å². The average molecular weight is 403 g/mol. The molecular formula is C18H21N5O4S. The molecule has 28 heavy (non-hydrogen) atoms. The maximum absolute atomic E-state index is 12.0. The van der Waals surface area contributed by atoms with Gasteiger partial charge in [0.05, 0.1) is 12.6 Å². The molecule has 1 aromatic heterocycles. The van der Waals surface area contributed by atoms with E-state index in [2.05, 4.69) is 33.0 Å². The molecule has 0 radical (unpaired) electrons. The number of benzene rings is 1. The van der Waals surface area contributed by atoms with Crippen LogP contribution in [-0.2, 0) is 16.0 Å². The molecule has 0 saturated carbocycles. The molecule has 1 aliphatic heterocycles. The first-order valence-electron chi connectivity index (χ1n) is 8.98. The summed E-state index contributed by atoms with van der Waals surface area (Å²) in [7, 11) is 0. The van der Waals surface area contributed by atoms with Gasteiger partial charge in [0, 0.05) is 6.42 Å². The van der Waals surface area contributed by atoms with Gasteiger partial charge in [0.2, 0.25) is 23.7 Å². The van der Waals surface area contributed by atoms with E-state index < -0.39 is 0 Å². The Hall–Kier alpha value is -3.01. The van der Waals surface area contributed by atoms with Gasteiger partial charge in [-0.3, -0.25) is 9.59 Å². The number of carbonyl (C=O) groups is 2. The highest BCUT2D eigenvalue weighted by atomic mass is 32.1. The standard InChI is InChI=1S/C18H21N5O4S/c1-2-3-4-5-15(24)20-18-23-22-17(28-18)9-16(25)21-19-10-12-6-7-13-14(8-12)27-11-26-13/h6-8,10H,2-5,9,11H2,1H3,(H,21,25)(H,20,23,24)/b19-10-. The molecule has 2 amide bonds. The van der Waals surface area contributed by atoms with Crippen LogP contribution in [-0.4, -0.2) is 35.0 Å². The number of aromatic nitrogens is 2. The number of carbonyl (C=O) groups excluding carboxylic acids is 2. The van der Waals surface area contributed by atoms with Crippen molar-refractivity contribution < 1.29 is 19.1 Å². The molecule has 0 unspecified atom stereocenters. The SMILES string of the molecule is CCCCCC(=O)Nc1nnc(CC(=O)N/N=C\c2ccc3c(c2)OCO3)s1. The molecule has 2 N–H and O–H groups in total. The van der Waals surface area contributed by atoms with Gasteiger partial charge in [0.15, 0.2) is 11.5 Å². The lowest BCUT2D eigenvalue weighted by Gasteiger charge is -1.99. The van der Waals surface area contributed by atoms with Crippen LogP contribution in [0, 0.1) is 0 Å². The van der Waals surface area contributed by atoms with Gasteiger partial charge in [-0.2, -0.15) is 5.10 Å². The number of unbranched alkanes of at least 4 members (excludes halogenated alkanes) is 2. The number of hydrogen-bond donors (Lipinski definition) is 2. The third-order valence-corrected chi connectivity index (χ3v) is 4.67. The molecule has 148 valence electrons. The monoisotopic (exact) mass is 403 g/mol. The number of anilines is 1. The summed E-state index contributed by atoms with van der Waals surface area (Å²) in [4.78, 5) is 23.8. The van der Waals surface area contributed by atoms with E-state index in [1.807, 2.05) is 6.07 Å². The van der Waals surface area contributed by atoms with Crippen LogP contribution in [0.2, 0.25) is 0 Å². The van der Waals surface area contributed by atoms with Crippen LogP contribution in [0.25, 0.3) is 0 Å². The lowest BCUT2D eigenvalue weighted by molar-refractivity contribution is -0.120. The summed E-state index contributed by atoms with van der Waals surface area (Å²) in [6, 6.07) is 5.37. The molecule has 0 saturated heterocycles. The second kappa shape index (κ2) is 9.79. The van der Waals surface area contributed by atoms with Crippen molar-refractivity contribution in [3.05, 3.63) is 28.8 Å². The quantitative estimate of drug-likeness (QED) is 0.378. The maximum atomic E-state index is 12.0. The lowest BCUT2D eigenvalue weighted by atomic mass is 10.2. The number of amides is 2. The van der Waals surface area contributed by atoms with Crippen molar-refractivity contribution in [3.63, 3.8) is 0 Å². The van der Waals surface area contributed by atoms with Gasteiger partial charge in [0.1, 0.15) is 5.01 Å². The number of hydrazone groups is 1. The normalized spacial score (nSPS) is 12.3. The van der Waals surface area contributed by atoms with Crippen LogP contribution in [0.3, 0.4) is 0 Å². The Morgan fingerprint density at radius 3 is 2.93 bits per heavy atom. The molecule has 1 aromatic carbocycles. The average Bonchev–Trinajstić information content (AvgIpc) is 3.30. The predicted octanol–water partition coefficient (Wildman–Crippen LogP) is 2.48.